The largest absolute Gasteiger partial charge is 0.397 e. The van der Waals surface area contributed by atoms with Crippen molar-refractivity contribution in [2.45, 2.75) is 0 Å². The Labute approximate surface area is 75.9 Å². The van der Waals surface area contributed by atoms with Crippen molar-refractivity contribution in [1.29, 1.82) is 0 Å². The second kappa shape index (κ2) is 8.31. The molecule has 0 aliphatic heterocycles. The van der Waals surface area contributed by atoms with E-state index in [1.807, 2.05) is 0 Å². The van der Waals surface area contributed by atoms with E-state index >= 15 is 0 Å². The molecule has 0 unspecified atom stereocenters. The summed E-state index contributed by atoms with van der Waals surface area (Å²) in [6.07, 6.45) is 0. The maximum absolute atomic E-state index is 9.33. The van der Waals surface area contributed by atoms with Crippen LogP contribution >= 0.6 is 0 Å². The Morgan fingerprint density at radius 3 is 1.38 bits per heavy atom. The van der Waals surface area contributed by atoms with Gasteiger partial charge in [-0.3, -0.25) is 8.74 Å². The van der Waals surface area contributed by atoms with Crippen LogP contribution < -0.4 is 0 Å². The number of rotatable bonds is 4. The van der Waals surface area contributed by atoms with Crippen LogP contribution in [0.15, 0.2) is 0 Å². The summed E-state index contributed by atoms with van der Waals surface area (Å²) in [5.41, 5.74) is 0. The number of hydrogen-bond donors (Lipinski definition) is 4. The zero-order chi connectivity index (χ0) is 10.9. The van der Waals surface area contributed by atoms with Gasteiger partial charge < -0.3 is 15.3 Å². The predicted molar refractivity (Wildman–Crippen MR) is 41.7 cm³/mol. The van der Waals surface area contributed by atoms with Gasteiger partial charge in [-0.25, -0.2) is 4.90 Å². The van der Waals surface area contributed by atoms with E-state index in [-0.39, 0.29) is 20.2 Å². The summed E-state index contributed by atoms with van der Waals surface area (Å²) in [5.74, 6) is 0. The molecule has 0 amide bonds. The van der Waals surface area contributed by atoms with Crippen molar-refractivity contribution in [3.8, 4) is 0 Å². The van der Waals surface area contributed by atoms with E-state index in [4.69, 9.17) is 19.9 Å². The van der Waals surface area contributed by atoms with Gasteiger partial charge in [0.25, 0.3) is 0 Å². The smallest absolute Gasteiger partial charge is 0.381 e. The fraction of sp³-hybridized carbons (Fsp3) is 1.00. The quantitative estimate of drug-likeness (QED) is 0.303. The van der Waals surface area contributed by atoms with Crippen LogP contribution in [0.2, 0.25) is 0 Å². The van der Waals surface area contributed by atoms with Crippen LogP contribution in [0, 0.1) is 0 Å². The number of aliphatic hydroxyl groups excluding tert-OH is 3. The Hall–Kier alpha value is -0.290. The van der Waals surface area contributed by atoms with Crippen LogP contribution in [0.4, 0.5) is 0 Å². The van der Waals surface area contributed by atoms with Crippen molar-refractivity contribution in [3.05, 3.63) is 0 Å². The Balaban J connectivity index is 0. The molecule has 8 nitrogen and oxygen atoms in total. The first-order chi connectivity index (χ1) is 5.91. The third-order valence-electron chi connectivity index (χ3n) is 0.811. The van der Waals surface area contributed by atoms with Gasteiger partial charge >= 0.3 is 10.4 Å². The minimum atomic E-state index is -4.16. The average molecular weight is 219 g/mol. The van der Waals surface area contributed by atoms with Gasteiger partial charge in [0.2, 0.25) is 0 Å². The van der Waals surface area contributed by atoms with Crippen LogP contribution in [0.1, 0.15) is 0 Å². The summed E-state index contributed by atoms with van der Waals surface area (Å²) in [5, 5.41) is 24.4. The second-order valence-electron chi connectivity index (χ2n) is 1.69. The molecular formula is C4H13NO7S. The molecule has 13 heavy (non-hydrogen) atoms. The lowest BCUT2D eigenvalue weighted by molar-refractivity contribution is -0.0268. The van der Waals surface area contributed by atoms with E-state index in [0.717, 1.165) is 12.0 Å². The van der Waals surface area contributed by atoms with Crippen molar-refractivity contribution in [2.75, 3.05) is 27.3 Å². The Morgan fingerprint density at radius 1 is 1.15 bits per heavy atom. The average Bonchev–Trinajstić information content (AvgIpc) is 2.07. The molecule has 0 aromatic heterocycles. The lowest BCUT2D eigenvalue weighted by Gasteiger charge is -2.09. The molecule has 0 bridgehead atoms. The molecule has 4 N–H and O–H groups in total. The standard InChI is InChI=1S/C3H9NO3.CH4O4S/c5-1-4(2-6)3-7;1-5-6(2,3)4/h5-7H,1-3H2;1H3,(H,2,3,4). The summed E-state index contributed by atoms with van der Waals surface area (Å²) >= 11 is 0. The van der Waals surface area contributed by atoms with Crippen LogP contribution in [-0.4, -0.2) is 60.5 Å². The second-order valence-corrected chi connectivity index (χ2v) is 2.88. The van der Waals surface area contributed by atoms with Gasteiger partial charge in [-0.05, 0) is 0 Å². The van der Waals surface area contributed by atoms with Gasteiger partial charge in [-0.15, -0.1) is 0 Å². The Kier molecular flexibility index (Phi) is 9.72. The van der Waals surface area contributed by atoms with Crippen molar-refractivity contribution >= 4 is 10.4 Å². The molecule has 0 rings (SSSR count). The summed E-state index contributed by atoms with van der Waals surface area (Å²) in [7, 11) is -3.29. The maximum Gasteiger partial charge on any atom is 0.397 e. The molecule has 0 aliphatic rings. The summed E-state index contributed by atoms with van der Waals surface area (Å²) in [6, 6.07) is 0. The fourth-order valence-corrected chi connectivity index (χ4v) is 0.134. The van der Waals surface area contributed by atoms with Gasteiger partial charge in [0.05, 0.1) is 27.3 Å². The lowest BCUT2D eigenvalue weighted by atomic mass is 10.9. The molecule has 0 saturated heterocycles. The van der Waals surface area contributed by atoms with Gasteiger partial charge in [-0.2, -0.15) is 8.42 Å². The molecule has 0 aromatic carbocycles. The number of aliphatic hydroxyl groups is 3. The maximum atomic E-state index is 9.33. The molecule has 9 heteroatoms. The molecule has 0 radical (unpaired) electrons. The van der Waals surface area contributed by atoms with E-state index in [9.17, 15) is 8.42 Å². The number of nitrogens with zero attached hydrogens (tertiary/aromatic N) is 1. The zero-order valence-electron chi connectivity index (χ0n) is 6.99. The van der Waals surface area contributed by atoms with Crippen LogP contribution in [0.3, 0.4) is 0 Å². The first-order valence-electron chi connectivity index (χ1n) is 2.99. The van der Waals surface area contributed by atoms with Gasteiger partial charge in [0, 0.05) is 0 Å². The first kappa shape index (κ1) is 15.2. The van der Waals surface area contributed by atoms with Crippen molar-refractivity contribution < 1.29 is 32.5 Å². The van der Waals surface area contributed by atoms with Crippen molar-refractivity contribution in [3.63, 3.8) is 0 Å². The minimum absolute atomic E-state index is 0.312. The lowest BCUT2D eigenvalue weighted by Crippen LogP contribution is -2.26. The van der Waals surface area contributed by atoms with Crippen LogP contribution in [-0.2, 0) is 14.6 Å². The highest BCUT2D eigenvalue weighted by Gasteiger charge is 1.94. The van der Waals surface area contributed by atoms with E-state index in [1.165, 1.54) is 0 Å². The normalized spacial score (nSPS) is 10.9. The molecule has 82 valence electrons. The van der Waals surface area contributed by atoms with E-state index < -0.39 is 10.4 Å². The first-order valence-corrected chi connectivity index (χ1v) is 4.35. The minimum Gasteiger partial charge on any atom is -0.381 e. The molecule has 0 saturated carbocycles. The third-order valence-corrected chi connectivity index (χ3v) is 1.23. The predicted octanol–water partition coefficient (Wildman–Crippen LogP) is -2.43. The third kappa shape index (κ3) is 14.6. The van der Waals surface area contributed by atoms with Gasteiger partial charge in [0.1, 0.15) is 0 Å². The highest BCUT2D eigenvalue weighted by atomic mass is 32.3. The Bertz CT molecular complexity index is 181. The summed E-state index contributed by atoms with van der Waals surface area (Å²) in [6.45, 7) is -0.938. The molecule has 0 fully saturated rings. The van der Waals surface area contributed by atoms with Gasteiger partial charge in [0.15, 0.2) is 0 Å². The SMILES string of the molecule is COS(=O)(=O)O.OCN(CO)CO. The van der Waals surface area contributed by atoms with E-state index in [0.29, 0.717) is 0 Å². The molecule has 0 aliphatic carbocycles. The monoisotopic (exact) mass is 219 g/mol. The summed E-state index contributed by atoms with van der Waals surface area (Å²) in [4.78, 5) is 1.04. The topological polar surface area (TPSA) is 128 Å². The zero-order valence-corrected chi connectivity index (χ0v) is 7.81. The van der Waals surface area contributed by atoms with E-state index in [2.05, 4.69) is 4.18 Å². The van der Waals surface area contributed by atoms with E-state index in [1.54, 1.807) is 0 Å². The highest BCUT2D eigenvalue weighted by molar-refractivity contribution is 7.80. The van der Waals surface area contributed by atoms with Crippen LogP contribution in [0.5, 0.6) is 0 Å². The van der Waals surface area contributed by atoms with Crippen molar-refractivity contribution in [2.24, 2.45) is 0 Å². The van der Waals surface area contributed by atoms with Gasteiger partial charge in [-0.1, -0.05) is 0 Å². The van der Waals surface area contributed by atoms with Crippen molar-refractivity contribution in [1.82, 2.24) is 4.90 Å². The van der Waals surface area contributed by atoms with Crippen LogP contribution in [0.25, 0.3) is 0 Å². The molecule has 0 heterocycles. The highest BCUT2D eigenvalue weighted by Crippen LogP contribution is 1.75. The molecule has 0 spiro atoms. The Morgan fingerprint density at radius 2 is 1.38 bits per heavy atom. The molecular weight excluding hydrogens is 206 g/mol. The fourth-order valence-electron chi connectivity index (χ4n) is 0.134. The molecule has 0 atom stereocenters. The number of hydrogen-bond acceptors (Lipinski definition) is 7. The summed E-state index contributed by atoms with van der Waals surface area (Å²) < 4.78 is 29.7. The molecule has 0 aromatic rings.